The lowest BCUT2D eigenvalue weighted by Gasteiger charge is -2.26. The van der Waals surface area contributed by atoms with Crippen LogP contribution in [0.1, 0.15) is 18.9 Å². The second kappa shape index (κ2) is 12.9. The van der Waals surface area contributed by atoms with Crippen molar-refractivity contribution >= 4 is 53.1 Å². The Kier molecular flexibility index (Phi) is 10.3. The molecule has 196 valence electrons. The van der Waals surface area contributed by atoms with E-state index in [1.54, 1.807) is 18.3 Å². The number of aliphatic hydroxyl groups is 1. The normalized spacial score (nSPS) is 15.2. The van der Waals surface area contributed by atoms with Crippen LogP contribution in [0.4, 0.5) is 0 Å². The van der Waals surface area contributed by atoms with Crippen LogP contribution in [0.25, 0.3) is 10.9 Å². The Morgan fingerprint density at radius 2 is 1.67 bits per heavy atom. The summed E-state index contributed by atoms with van der Waals surface area (Å²) >= 11 is 3.89. The number of hydrogen-bond acceptors (Lipinski definition) is 8. The van der Waals surface area contributed by atoms with Crippen molar-refractivity contribution in [2.45, 2.75) is 50.0 Å². The molecule has 0 radical (unpaired) electrons. The number of rotatable bonds is 13. The predicted molar refractivity (Wildman–Crippen MR) is 133 cm³/mol. The lowest BCUT2D eigenvalue weighted by Crippen LogP contribution is -2.60. The highest BCUT2D eigenvalue weighted by Gasteiger charge is 2.33. The van der Waals surface area contributed by atoms with E-state index in [0.717, 1.165) is 10.9 Å². The number of primary amides is 1. The topological polar surface area (TPSA) is 230 Å². The number of H-pyrrole nitrogens is 1. The fourth-order valence-electron chi connectivity index (χ4n) is 3.41. The first kappa shape index (κ1) is 28.6. The number of nitrogens with one attached hydrogen (secondary N) is 4. The number of fused-ring (bicyclic) bond motifs is 1. The largest absolute Gasteiger partial charge is 0.480 e. The van der Waals surface area contributed by atoms with Gasteiger partial charge in [0.25, 0.3) is 0 Å². The zero-order valence-electron chi connectivity index (χ0n) is 19.4. The van der Waals surface area contributed by atoms with Crippen LogP contribution in [0.5, 0.6) is 0 Å². The van der Waals surface area contributed by atoms with Crippen LogP contribution in [0.3, 0.4) is 0 Å². The molecular weight excluding hydrogens is 492 g/mol. The van der Waals surface area contributed by atoms with Crippen molar-refractivity contribution in [2.24, 2.45) is 11.5 Å². The summed E-state index contributed by atoms with van der Waals surface area (Å²) in [5.74, 6) is -5.06. The summed E-state index contributed by atoms with van der Waals surface area (Å²) in [7, 11) is 0. The summed E-state index contributed by atoms with van der Waals surface area (Å²) in [5.41, 5.74) is 12.2. The summed E-state index contributed by atoms with van der Waals surface area (Å²) < 4.78 is 0. The van der Waals surface area contributed by atoms with Gasteiger partial charge in [-0.2, -0.15) is 12.6 Å². The second-order valence-electron chi connectivity index (χ2n) is 8.21. The van der Waals surface area contributed by atoms with E-state index >= 15 is 0 Å². The van der Waals surface area contributed by atoms with Crippen LogP contribution in [0, 0.1) is 0 Å². The Balaban J connectivity index is 2.16. The van der Waals surface area contributed by atoms with Gasteiger partial charge in [-0.25, -0.2) is 4.79 Å². The molecule has 0 aliphatic rings. The summed E-state index contributed by atoms with van der Waals surface area (Å²) in [5, 5.41) is 27.4. The van der Waals surface area contributed by atoms with Crippen molar-refractivity contribution in [1.29, 1.82) is 0 Å². The number of aromatic nitrogens is 1. The average molecular weight is 523 g/mol. The second-order valence-corrected chi connectivity index (χ2v) is 8.58. The van der Waals surface area contributed by atoms with Gasteiger partial charge in [0.1, 0.15) is 18.1 Å². The first-order valence-corrected chi connectivity index (χ1v) is 11.6. The SMILES string of the molecule is CC(O)C(NC(=O)C(CC(N)=O)NC(=O)C(N)CS)C(=O)NC(Cc1c[nH]c2ccccc12)C(=O)O. The molecule has 2 rings (SSSR count). The molecular formula is C22H30N6O7S. The lowest BCUT2D eigenvalue weighted by atomic mass is 10.0. The van der Waals surface area contributed by atoms with Gasteiger partial charge in [0.05, 0.1) is 18.6 Å². The predicted octanol–water partition coefficient (Wildman–Crippen LogP) is -2.24. The van der Waals surface area contributed by atoms with Gasteiger partial charge in [-0.1, -0.05) is 18.2 Å². The third-order valence-corrected chi connectivity index (χ3v) is 5.74. The molecule has 0 aliphatic carbocycles. The smallest absolute Gasteiger partial charge is 0.326 e. The molecule has 0 aliphatic heterocycles. The van der Waals surface area contributed by atoms with Gasteiger partial charge in [-0.15, -0.1) is 0 Å². The molecule has 13 nitrogen and oxygen atoms in total. The highest BCUT2D eigenvalue weighted by molar-refractivity contribution is 7.80. The minimum atomic E-state index is -1.60. The number of thiol groups is 1. The van der Waals surface area contributed by atoms with Crippen LogP contribution >= 0.6 is 12.6 Å². The first-order valence-electron chi connectivity index (χ1n) is 11.0. The number of aromatic amines is 1. The van der Waals surface area contributed by atoms with E-state index in [4.69, 9.17) is 11.5 Å². The molecule has 36 heavy (non-hydrogen) atoms. The molecule has 14 heteroatoms. The molecule has 10 N–H and O–H groups in total. The van der Waals surface area contributed by atoms with Crippen molar-refractivity contribution in [3.63, 3.8) is 0 Å². The van der Waals surface area contributed by atoms with E-state index < -0.39 is 66.3 Å². The van der Waals surface area contributed by atoms with Gasteiger partial charge >= 0.3 is 5.97 Å². The highest BCUT2D eigenvalue weighted by Crippen LogP contribution is 2.19. The van der Waals surface area contributed by atoms with Crippen molar-refractivity contribution in [2.75, 3.05) is 5.75 Å². The molecule has 0 fully saturated rings. The molecule has 1 aromatic heterocycles. The van der Waals surface area contributed by atoms with E-state index in [9.17, 15) is 34.2 Å². The van der Waals surface area contributed by atoms with Crippen LogP contribution in [0.15, 0.2) is 30.5 Å². The Hall–Kier alpha value is -3.62. The Labute approximate surface area is 211 Å². The molecule has 1 heterocycles. The molecule has 0 spiro atoms. The molecule has 1 aromatic carbocycles. The molecule has 0 saturated heterocycles. The summed E-state index contributed by atoms with van der Waals surface area (Å²) in [6.07, 6.45) is -0.509. The molecule has 5 unspecified atom stereocenters. The minimum absolute atomic E-state index is 0.0392. The Morgan fingerprint density at radius 3 is 2.25 bits per heavy atom. The van der Waals surface area contributed by atoms with Gasteiger partial charge in [-0.3, -0.25) is 19.2 Å². The van der Waals surface area contributed by atoms with Crippen LogP contribution in [0.2, 0.25) is 0 Å². The molecule has 0 bridgehead atoms. The first-order chi connectivity index (χ1) is 16.9. The standard InChI is InChI=1S/C22H30N6O7S/c1-10(29)18(28-20(32)15(7-17(24)30)26-19(31)13(23)9-36)21(33)27-16(22(34)35)6-11-8-25-14-5-3-2-4-12(11)14/h2-5,8,10,13,15-16,18,25,29,36H,6-7,9,23H2,1H3,(H2,24,30)(H,26,31)(H,27,33)(H,28,32)(H,34,35). The highest BCUT2D eigenvalue weighted by atomic mass is 32.1. The van der Waals surface area contributed by atoms with Gasteiger partial charge in [0.15, 0.2) is 0 Å². The number of carboxylic acid groups (broad SMARTS) is 1. The summed E-state index contributed by atoms with van der Waals surface area (Å²) in [4.78, 5) is 64.0. The van der Waals surface area contributed by atoms with Gasteiger partial charge in [-0.05, 0) is 18.6 Å². The number of hydrogen-bond donors (Lipinski definition) is 9. The number of para-hydroxylation sites is 1. The van der Waals surface area contributed by atoms with Crippen LogP contribution < -0.4 is 27.4 Å². The van der Waals surface area contributed by atoms with Crippen molar-refractivity contribution in [3.8, 4) is 0 Å². The minimum Gasteiger partial charge on any atom is -0.480 e. The number of carbonyl (C=O) groups is 5. The number of amides is 4. The fourth-order valence-corrected chi connectivity index (χ4v) is 3.58. The monoisotopic (exact) mass is 522 g/mol. The van der Waals surface area contributed by atoms with E-state index in [1.807, 2.05) is 12.1 Å². The van der Waals surface area contributed by atoms with E-state index in [0.29, 0.717) is 5.56 Å². The quantitative estimate of drug-likeness (QED) is 0.130. The number of carboxylic acids is 1. The summed E-state index contributed by atoms with van der Waals surface area (Å²) in [6.45, 7) is 1.21. The van der Waals surface area contributed by atoms with Crippen LogP contribution in [-0.4, -0.2) is 80.8 Å². The Morgan fingerprint density at radius 1 is 1.03 bits per heavy atom. The fraction of sp³-hybridized carbons (Fsp3) is 0.409. The zero-order chi connectivity index (χ0) is 27.0. The zero-order valence-corrected chi connectivity index (χ0v) is 20.3. The van der Waals surface area contributed by atoms with Crippen molar-refractivity contribution in [3.05, 3.63) is 36.0 Å². The van der Waals surface area contributed by atoms with Gasteiger partial charge < -0.3 is 42.6 Å². The molecule has 2 aromatic rings. The number of aliphatic hydroxyl groups excluding tert-OH is 1. The molecule has 4 amide bonds. The maximum Gasteiger partial charge on any atom is 0.326 e. The summed E-state index contributed by atoms with van der Waals surface area (Å²) in [6, 6.07) is 1.67. The van der Waals surface area contributed by atoms with Gasteiger partial charge in [0.2, 0.25) is 23.6 Å². The Bertz CT molecular complexity index is 1120. The number of benzene rings is 1. The lowest BCUT2D eigenvalue weighted by molar-refractivity contribution is -0.143. The van der Waals surface area contributed by atoms with Crippen LogP contribution in [-0.2, 0) is 30.4 Å². The number of carbonyl (C=O) groups excluding carboxylic acids is 4. The number of aliphatic carboxylic acids is 1. The average Bonchev–Trinajstić information content (AvgIpc) is 3.22. The van der Waals surface area contributed by atoms with E-state index in [2.05, 4.69) is 33.6 Å². The third-order valence-electron chi connectivity index (χ3n) is 5.35. The van der Waals surface area contributed by atoms with E-state index in [1.165, 1.54) is 6.92 Å². The number of nitrogens with two attached hydrogens (primary N) is 2. The third kappa shape index (κ3) is 7.69. The maximum atomic E-state index is 12.9. The van der Waals surface area contributed by atoms with E-state index in [-0.39, 0.29) is 12.2 Å². The van der Waals surface area contributed by atoms with Crippen molar-refractivity contribution in [1.82, 2.24) is 20.9 Å². The molecule has 5 atom stereocenters. The van der Waals surface area contributed by atoms with Gasteiger partial charge in [0, 0.05) is 29.3 Å². The molecule has 0 saturated carbocycles. The maximum absolute atomic E-state index is 12.9. The van der Waals surface area contributed by atoms with Crippen molar-refractivity contribution < 1.29 is 34.2 Å².